The van der Waals surface area contributed by atoms with E-state index in [2.05, 4.69) is 10.6 Å². The number of halogens is 1. The summed E-state index contributed by atoms with van der Waals surface area (Å²) in [5.74, 6) is -0.722. The van der Waals surface area contributed by atoms with Crippen LogP contribution in [0.5, 0.6) is 5.75 Å². The molecule has 24 heavy (non-hydrogen) atoms. The highest BCUT2D eigenvalue weighted by atomic mass is 19.1. The Labute approximate surface area is 139 Å². The first-order valence-electron chi connectivity index (χ1n) is 7.44. The Balaban J connectivity index is 1.88. The molecule has 0 radical (unpaired) electrons. The van der Waals surface area contributed by atoms with Crippen LogP contribution in [0.4, 0.5) is 10.1 Å². The zero-order valence-electron chi connectivity index (χ0n) is 13.6. The first kappa shape index (κ1) is 17.5. The first-order valence-corrected chi connectivity index (χ1v) is 7.44. The maximum Gasteiger partial charge on any atom is 0.243 e. The average molecular weight is 330 g/mol. The zero-order chi connectivity index (χ0) is 17.5. The van der Waals surface area contributed by atoms with Gasteiger partial charge in [-0.2, -0.15) is 0 Å². The van der Waals surface area contributed by atoms with Gasteiger partial charge in [0.2, 0.25) is 11.8 Å². The fourth-order valence-electron chi connectivity index (χ4n) is 2.17. The summed E-state index contributed by atoms with van der Waals surface area (Å²) in [7, 11) is 1.51. The average Bonchev–Trinajstić information content (AvgIpc) is 2.55. The molecule has 6 heteroatoms. The summed E-state index contributed by atoms with van der Waals surface area (Å²) in [6.45, 7) is 1.69. The third-order valence-electron chi connectivity index (χ3n) is 3.38. The highest BCUT2D eigenvalue weighted by Crippen LogP contribution is 2.24. The summed E-state index contributed by atoms with van der Waals surface area (Å²) in [5.41, 5.74) is 1.79. The molecule has 2 aromatic rings. The second-order valence-electron chi connectivity index (χ2n) is 5.30. The van der Waals surface area contributed by atoms with Crippen molar-refractivity contribution in [2.75, 3.05) is 19.0 Å². The highest BCUT2D eigenvalue weighted by molar-refractivity contribution is 5.96. The molecule has 0 atom stereocenters. The van der Waals surface area contributed by atoms with E-state index in [4.69, 9.17) is 4.74 Å². The molecule has 0 bridgehead atoms. The van der Waals surface area contributed by atoms with Crippen molar-refractivity contribution in [3.05, 3.63) is 59.4 Å². The van der Waals surface area contributed by atoms with E-state index >= 15 is 0 Å². The van der Waals surface area contributed by atoms with Gasteiger partial charge in [0, 0.05) is 0 Å². The molecule has 0 aromatic heterocycles. The maximum atomic E-state index is 13.5. The molecule has 0 aliphatic carbocycles. The molecule has 0 aliphatic rings. The van der Waals surface area contributed by atoms with E-state index in [1.54, 1.807) is 24.3 Å². The Kier molecular flexibility index (Phi) is 5.89. The molecule has 0 saturated carbocycles. The van der Waals surface area contributed by atoms with Crippen LogP contribution in [0.25, 0.3) is 0 Å². The number of carbonyl (C=O) groups excluding carboxylic acids is 2. The number of rotatable bonds is 6. The third kappa shape index (κ3) is 4.81. The lowest BCUT2D eigenvalue weighted by molar-refractivity contribution is -0.123. The van der Waals surface area contributed by atoms with Crippen LogP contribution in [0.3, 0.4) is 0 Å². The Morgan fingerprint density at radius 3 is 2.58 bits per heavy atom. The number of nitrogens with one attached hydrogen (secondary N) is 2. The van der Waals surface area contributed by atoms with Crippen LogP contribution in [0.1, 0.15) is 11.1 Å². The standard InChI is InChI=1S/C18H19FN2O3/c1-12-7-8-16(24-2)15(9-12)21-18(23)11-20-17(22)10-13-5-3-4-6-14(13)19/h3-9H,10-11H2,1-2H3,(H,20,22)(H,21,23). The van der Waals surface area contributed by atoms with E-state index in [1.807, 2.05) is 13.0 Å². The van der Waals surface area contributed by atoms with Crippen LogP contribution in [0.2, 0.25) is 0 Å². The molecule has 2 amide bonds. The van der Waals surface area contributed by atoms with E-state index in [1.165, 1.54) is 19.2 Å². The van der Waals surface area contributed by atoms with Crippen LogP contribution < -0.4 is 15.4 Å². The maximum absolute atomic E-state index is 13.5. The molecule has 0 heterocycles. The molecule has 2 aromatic carbocycles. The van der Waals surface area contributed by atoms with Gasteiger partial charge in [0.15, 0.2) is 0 Å². The van der Waals surface area contributed by atoms with Crippen molar-refractivity contribution in [2.24, 2.45) is 0 Å². The molecule has 5 nitrogen and oxygen atoms in total. The van der Waals surface area contributed by atoms with E-state index < -0.39 is 11.7 Å². The minimum absolute atomic E-state index is 0.117. The Hall–Kier alpha value is -2.89. The second-order valence-corrected chi connectivity index (χ2v) is 5.30. The van der Waals surface area contributed by atoms with Crippen LogP contribution in [0.15, 0.2) is 42.5 Å². The van der Waals surface area contributed by atoms with Gasteiger partial charge in [-0.15, -0.1) is 0 Å². The first-order chi connectivity index (χ1) is 11.5. The summed E-state index contributed by atoms with van der Waals surface area (Å²) in [6, 6.07) is 11.4. The fraction of sp³-hybridized carbons (Fsp3) is 0.222. The summed E-state index contributed by atoms with van der Waals surface area (Å²) in [4.78, 5) is 23.8. The smallest absolute Gasteiger partial charge is 0.243 e. The summed E-state index contributed by atoms with van der Waals surface area (Å²) >= 11 is 0. The van der Waals surface area contributed by atoms with Crippen molar-refractivity contribution in [1.82, 2.24) is 5.32 Å². The number of methoxy groups -OCH3 is 1. The van der Waals surface area contributed by atoms with Gasteiger partial charge in [0.1, 0.15) is 11.6 Å². The van der Waals surface area contributed by atoms with Crippen molar-refractivity contribution in [2.45, 2.75) is 13.3 Å². The zero-order valence-corrected chi connectivity index (χ0v) is 13.6. The number of anilines is 1. The highest BCUT2D eigenvalue weighted by Gasteiger charge is 2.11. The van der Waals surface area contributed by atoms with Crippen molar-refractivity contribution in [3.63, 3.8) is 0 Å². The van der Waals surface area contributed by atoms with Crippen LogP contribution in [-0.4, -0.2) is 25.5 Å². The minimum Gasteiger partial charge on any atom is -0.495 e. The van der Waals surface area contributed by atoms with E-state index in [0.29, 0.717) is 11.4 Å². The SMILES string of the molecule is COc1ccc(C)cc1NC(=O)CNC(=O)Cc1ccccc1F. The summed E-state index contributed by atoms with van der Waals surface area (Å²) in [5, 5.41) is 5.15. The lowest BCUT2D eigenvalue weighted by Gasteiger charge is -2.11. The molecule has 126 valence electrons. The molecular weight excluding hydrogens is 311 g/mol. The monoisotopic (exact) mass is 330 g/mol. The fourth-order valence-corrected chi connectivity index (χ4v) is 2.17. The molecule has 0 saturated heterocycles. The Morgan fingerprint density at radius 1 is 1.12 bits per heavy atom. The minimum atomic E-state index is -0.443. The molecular formula is C18H19FN2O3. The van der Waals surface area contributed by atoms with E-state index in [-0.39, 0.29) is 24.4 Å². The number of benzene rings is 2. The van der Waals surface area contributed by atoms with Crippen molar-refractivity contribution in [1.29, 1.82) is 0 Å². The number of hydrogen-bond donors (Lipinski definition) is 2. The van der Waals surface area contributed by atoms with Gasteiger partial charge in [-0.1, -0.05) is 24.3 Å². The molecule has 0 spiro atoms. The summed E-state index contributed by atoms with van der Waals surface area (Å²) < 4.78 is 18.7. The Morgan fingerprint density at radius 2 is 1.88 bits per heavy atom. The topological polar surface area (TPSA) is 67.4 Å². The van der Waals surface area contributed by atoms with Gasteiger partial charge in [0.25, 0.3) is 0 Å². The predicted molar refractivity (Wildman–Crippen MR) is 89.5 cm³/mol. The molecule has 0 aliphatic heterocycles. The molecule has 0 unspecified atom stereocenters. The van der Waals surface area contributed by atoms with Crippen molar-refractivity contribution in [3.8, 4) is 5.75 Å². The molecule has 2 rings (SSSR count). The van der Waals surface area contributed by atoms with Gasteiger partial charge in [-0.3, -0.25) is 9.59 Å². The van der Waals surface area contributed by atoms with Gasteiger partial charge < -0.3 is 15.4 Å². The second kappa shape index (κ2) is 8.10. The van der Waals surface area contributed by atoms with Gasteiger partial charge in [-0.25, -0.2) is 4.39 Å². The van der Waals surface area contributed by atoms with Crippen LogP contribution in [0, 0.1) is 12.7 Å². The lowest BCUT2D eigenvalue weighted by atomic mass is 10.1. The van der Waals surface area contributed by atoms with Gasteiger partial charge in [0.05, 0.1) is 25.8 Å². The summed E-state index contributed by atoms with van der Waals surface area (Å²) in [6.07, 6.45) is -0.117. The number of hydrogen-bond acceptors (Lipinski definition) is 3. The van der Waals surface area contributed by atoms with Crippen LogP contribution >= 0.6 is 0 Å². The quantitative estimate of drug-likeness (QED) is 0.855. The number of ether oxygens (including phenoxy) is 1. The molecule has 0 fully saturated rings. The molecule has 2 N–H and O–H groups in total. The normalized spacial score (nSPS) is 10.1. The van der Waals surface area contributed by atoms with Gasteiger partial charge >= 0.3 is 0 Å². The van der Waals surface area contributed by atoms with E-state index in [0.717, 1.165) is 5.56 Å². The Bertz CT molecular complexity index is 747. The number of carbonyl (C=O) groups is 2. The van der Waals surface area contributed by atoms with Crippen molar-refractivity contribution < 1.29 is 18.7 Å². The van der Waals surface area contributed by atoms with Crippen LogP contribution in [-0.2, 0) is 16.0 Å². The lowest BCUT2D eigenvalue weighted by Crippen LogP contribution is -2.34. The third-order valence-corrected chi connectivity index (χ3v) is 3.38. The van der Waals surface area contributed by atoms with Crippen molar-refractivity contribution >= 4 is 17.5 Å². The predicted octanol–water partition coefficient (Wildman–Crippen LogP) is 2.44. The number of amides is 2. The largest absolute Gasteiger partial charge is 0.495 e. The van der Waals surface area contributed by atoms with E-state index in [9.17, 15) is 14.0 Å². The van der Waals surface area contributed by atoms with Gasteiger partial charge in [-0.05, 0) is 36.2 Å². The number of aryl methyl sites for hydroxylation is 1.